The first kappa shape index (κ1) is 17.9. The Bertz CT molecular complexity index is 1110. The molecule has 0 aliphatic carbocycles. The van der Waals surface area contributed by atoms with Crippen molar-refractivity contribution in [1.82, 2.24) is 20.6 Å². The van der Waals surface area contributed by atoms with Crippen LogP contribution in [-0.2, 0) is 22.6 Å². The number of H-pyrrole nitrogens is 2. The van der Waals surface area contributed by atoms with E-state index in [4.69, 9.17) is 0 Å². The van der Waals surface area contributed by atoms with E-state index in [1.165, 1.54) is 6.92 Å². The fourth-order valence-electron chi connectivity index (χ4n) is 3.51. The summed E-state index contributed by atoms with van der Waals surface area (Å²) in [5.74, 6) is -0.440. The summed E-state index contributed by atoms with van der Waals surface area (Å²) < 4.78 is 0. The number of carbonyl (C=O) groups is 2. The number of nitrogens with one attached hydrogen (secondary N) is 4. The first-order chi connectivity index (χ1) is 13.6. The maximum Gasteiger partial charge on any atom is 0.243 e. The Morgan fingerprint density at radius 1 is 1.04 bits per heavy atom. The molecule has 0 saturated heterocycles. The van der Waals surface area contributed by atoms with E-state index in [0.717, 1.165) is 33.1 Å². The molecule has 1 atom stereocenters. The minimum Gasteiger partial charge on any atom is -0.361 e. The molecule has 2 aromatic heterocycles. The average molecular weight is 374 g/mol. The number of hydrogen-bond acceptors (Lipinski definition) is 2. The number of benzene rings is 2. The van der Waals surface area contributed by atoms with Crippen molar-refractivity contribution in [3.05, 3.63) is 72.1 Å². The largest absolute Gasteiger partial charge is 0.361 e. The molecule has 0 bridgehead atoms. The molecule has 4 rings (SSSR count). The minimum atomic E-state index is -0.638. The van der Waals surface area contributed by atoms with Gasteiger partial charge in [-0.25, -0.2) is 0 Å². The summed E-state index contributed by atoms with van der Waals surface area (Å²) in [6.45, 7) is 1.80. The van der Waals surface area contributed by atoms with Crippen LogP contribution in [0.1, 0.15) is 18.2 Å². The first-order valence-corrected chi connectivity index (χ1v) is 9.26. The van der Waals surface area contributed by atoms with Gasteiger partial charge in [0.1, 0.15) is 6.04 Å². The number of rotatable bonds is 6. The van der Waals surface area contributed by atoms with E-state index < -0.39 is 6.04 Å². The Balaban J connectivity index is 1.48. The Morgan fingerprint density at radius 2 is 1.79 bits per heavy atom. The fourth-order valence-corrected chi connectivity index (χ4v) is 3.51. The molecule has 0 spiro atoms. The lowest BCUT2D eigenvalue weighted by Crippen LogP contribution is -2.47. The van der Waals surface area contributed by atoms with Gasteiger partial charge in [-0.1, -0.05) is 36.4 Å². The SMILES string of the molecule is CC(=O)N[C@@H](Cc1c[nH]c2ccccc12)C(=O)NCc1cc2ccccc2[nH]1. The molecule has 4 N–H and O–H groups in total. The standard InChI is InChI=1S/C22H22N4O2/c1-14(27)25-21(11-16-12-23-20-9-5-3-7-18(16)20)22(28)24-13-17-10-15-6-2-4-8-19(15)26-17/h2-10,12,21,23,26H,11,13H2,1H3,(H,24,28)(H,25,27)/t21-/m0/s1. The van der Waals surface area contributed by atoms with Gasteiger partial charge >= 0.3 is 0 Å². The van der Waals surface area contributed by atoms with Gasteiger partial charge in [-0.3, -0.25) is 9.59 Å². The predicted molar refractivity (Wildman–Crippen MR) is 110 cm³/mol. The van der Waals surface area contributed by atoms with Crippen LogP contribution in [0.2, 0.25) is 0 Å². The average Bonchev–Trinajstić information content (AvgIpc) is 3.29. The maximum atomic E-state index is 12.8. The number of amides is 2. The quantitative estimate of drug-likeness (QED) is 0.418. The van der Waals surface area contributed by atoms with Crippen LogP contribution in [0, 0.1) is 0 Å². The van der Waals surface area contributed by atoms with Crippen LogP contribution in [0.15, 0.2) is 60.8 Å². The topological polar surface area (TPSA) is 89.8 Å². The van der Waals surface area contributed by atoms with E-state index >= 15 is 0 Å². The first-order valence-electron chi connectivity index (χ1n) is 9.26. The molecule has 142 valence electrons. The van der Waals surface area contributed by atoms with Gasteiger partial charge in [-0.15, -0.1) is 0 Å². The summed E-state index contributed by atoms with van der Waals surface area (Å²) in [5.41, 5.74) is 3.96. The molecule has 2 amide bonds. The van der Waals surface area contributed by atoms with Gasteiger partial charge in [0, 0.05) is 41.7 Å². The normalized spacial score (nSPS) is 12.2. The summed E-state index contributed by atoms with van der Waals surface area (Å²) in [4.78, 5) is 30.9. The number of fused-ring (bicyclic) bond motifs is 2. The highest BCUT2D eigenvalue weighted by Crippen LogP contribution is 2.19. The number of aromatic nitrogens is 2. The minimum absolute atomic E-state index is 0.209. The zero-order valence-corrected chi connectivity index (χ0v) is 15.6. The van der Waals surface area contributed by atoms with Crippen LogP contribution in [0.4, 0.5) is 0 Å². The third-order valence-corrected chi connectivity index (χ3v) is 4.83. The van der Waals surface area contributed by atoms with E-state index in [1.54, 1.807) is 0 Å². The number of hydrogen-bond donors (Lipinski definition) is 4. The van der Waals surface area contributed by atoms with Crippen molar-refractivity contribution < 1.29 is 9.59 Å². The van der Waals surface area contributed by atoms with Crippen LogP contribution >= 0.6 is 0 Å². The smallest absolute Gasteiger partial charge is 0.243 e. The second kappa shape index (κ2) is 7.60. The lowest BCUT2D eigenvalue weighted by Gasteiger charge is -2.17. The second-order valence-electron chi connectivity index (χ2n) is 6.92. The molecule has 2 heterocycles. The summed E-state index contributed by atoms with van der Waals surface area (Å²) >= 11 is 0. The highest BCUT2D eigenvalue weighted by molar-refractivity contribution is 5.89. The lowest BCUT2D eigenvalue weighted by atomic mass is 10.0. The van der Waals surface area contributed by atoms with E-state index in [2.05, 4.69) is 20.6 Å². The van der Waals surface area contributed by atoms with Crippen LogP contribution in [0.25, 0.3) is 21.8 Å². The summed E-state index contributed by atoms with van der Waals surface area (Å²) in [7, 11) is 0. The molecule has 0 aliphatic heterocycles. The molecule has 0 unspecified atom stereocenters. The van der Waals surface area contributed by atoms with Crippen LogP contribution in [-0.4, -0.2) is 27.8 Å². The molecule has 0 saturated carbocycles. The Kier molecular flexibility index (Phi) is 4.85. The van der Waals surface area contributed by atoms with Crippen LogP contribution in [0.5, 0.6) is 0 Å². The highest BCUT2D eigenvalue weighted by Gasteiger charge is 2.21. The molecule has 2 aromatic carbocycles. The van der Waals surface area contributed by atoms with Gasteiger partial charge in [-0.2, -0.15) is 0 Å². The summed E-state index contributed by atoms with van der Waals surface area (Å²) in [6.07, 6.45) is 2.31. The zero-order valence-electron chi connectivity index (χ0n) is 15.6. The van der Waals surface area contributed by atoms with E-state index in [1.807, 2.05) is 60.8 Å². The molecule has 0 aliphatic rings. The monoisotopic (exact) mass is 374 g/mol. The van der Waals surface area contributed by atoms with E-state index in [9.17, 15) is 9.59 Å². The number of carbonyl (C=O) groups excluding carboxylic acids is 2. The molecular weight excluding hydrogens is 352 g/mol. The van der Waals surface area contributed by atoms with Gasteiger partial charge < -0.3 is 20.6 Å². The van der Waals surface area contributed by atoms with Gasteiger partial charge in [-0.05, 0) is 29.1 Å². The number of aromatic amines is 2. The maximum absolute atomic E-state index is 12.8. The van der Waals surface area contributed by atoms with Crippen molar-refractivity contribution in [3.63, 3.8) is 0 Å². The van der Waals surface area contributed by atoms with Crippen molar-refractivity contribution in [2.75, 3.05) is 0 Å². The van der Waals surface area contributed by atoms with Crippen molar-refractivity contribution in [2.45, 2.75) is 25.9 Å². The summed E-state index contributed by atoms with van der Waals surface area (Å²) in [5, 5.41) is 7.86. The lowest BCUT2D eigenvalue weighted by molar-refractivity contribution is -0.128. The van der Waals surface area contributed by atoms with Crippen molar-refractivity contribution in [2.24, 2.45) is 0 Å². The Hall–Kier alpha value is -3.54. The van der Waals surface area contributed by atoms with Crippen molar-refractivity contribution in [1.29, 1.82) is 0 Å². The highest BCUT2D eigenvalue weighted by atomic mass is 16.2. The van der Waals surface area contributed by atoms with Gasteiger partial charge in [0.2, 0.25) is 11.8 Å². The third-order valence-electron chi connectivity index (χ3n) is 4.83. The fraction of sp³-hybridized carbons (Fsp3) is 0.182. The Labute approximate surface area is 162 Å². The molecular formula is C22H22N4O2. The third kappa shape index (κ3) is 3.76. The van der Waals surface area contributed by atoms with Gasteiger partial charge in [0.15, 0.2) is 0 Å². The molecule has 4 aromatic rings. The molecule has 0 fully saturated rings. The van der Waals surface area contributed by atoms with Crippen LogP contribution in [0.3, 0.4) is 0 Å². The van der Waals surface area contributed by atoms with Crippen LogP contribution < -0.4 is 10.6 Å². The predicted octanol–water partition coefficient (Wildman–Crippen LogP) is 3.01. The van der Waals surface area contributed by atoms with E-state index in [-0.39, 0.29) is 11.8 Å². The van der Waals surface area contributed by atoms with Gasteiger partial charge in [0.05, 0.1) is 6.54 Å². The van der Waals surface area contributed by atoms with Crippen molar-refractivity contribution in [3.8, 4) is 0 Å². The molecule has 0 radical (unpaired) electrons. The molecule has 6 heteroatoms. The summed E-state index contributed by atoms with van der Waals surface area (Å²) in [6, 6.07) is 17.3. The zero-order chi connectivity index (χ0) is 19.5. The second-order valence-corrected chi connectivity index (χ2v) is 6.92. The van der Waals surface area contributed by atoms with Gasteiger partial charge in [0.25, 0.3) is 0 Å². The molecule has 6 nitrogen and oxygen atoms in total. The Morgan fingerprint density at radius 3 is 2.57 bits per heavy atom. The van der Waals surface area contributed by atoms with Crippen molar-refractivity contribution >= 4 is 33.6 Å². The van der Waals surface area contributed by atoms with E-state index in [0.29, 0.717) is 13.0 Å². The molecule has 28 heavy (non-hydrogen) atoms. The number of para-hydroxylation sites is 2.